The Morgan fingerprint density at radius 3 is 2.43 bits per heavy atom. The highest BCUT2D eigenvalue weighted by molar-refractivity contribution is 6.63. The van der Waals surface area contributed by atoms with Crippen molar-refractivity contribution in [1.82, 2.24) is 0 Å². The molecule has 0 radical (unpaired) electrons. The van der Waals surface area contributed by atoms with E-state index in [1.807, 2.05) is 0 Å². The fraction of sp³-hybridized carbons (Fsp3) is 0.200. The predicted molar refractivity (Wildman–Crippen MR) is 52.2 cm³/mol. The van der Waals surface area contributed by atoms with Gasteiger partial charge in [0.05, 0.1) is 18.6 Å². The van der Waals surface area contributed by atoms with E-state index in [9.17, 15) is 9.59 Å². The molecule has 0 unspecified atom stereocenters. The molecule has 0 aromatic heterocycles. The first-order valence-corrected chi connectivity index (χ1v) is 4.48. The number of halogens is 1. The quantitative estimate of drug-likeness (QED) is 0.566. The lowest BCUT2D eigenvalue weighted by molar-refractivity contribution is -0.112. The van der Waals surface area contributed by atoms with Gasteiger partial charge < -0.3 is 4.74 Å². The summed E-state index contributed by atoms with van der Waals surface area (Å²) in [7, 11) is 0. The summed E-state index contributed by atoms with van der Waals surface area (Å²) in [6, 6.07) is 8.57. The first-order valence-electron chi connectivity index (χ1n) is 4.10. The zero-order chi connectivity index (χ0) is 10.4. The second-order valence-corrected chi connectivity index (χ2v) is 3.03. The van der Waals surface area contributed by atoms with E-state index in [1.54, 1.807) is 30.3 Å². The van der Waals surface area contributed by atoms with Crippen LogP contribution in [0, 0.1) is 0 Å². The Morgan fingerprint density at radius 1 is 1.21 bits per heavy atom. The molecule has 4 heteroatoms. The van der Waals surface area contributed by atoms with Crippen LogP contribution in [0.1, 0.15) is 16.8 Å². The van der Waals surface area contributed by atoms with Crippen LogP contribution in [-0.4, -0.2) is 17.8 Å². The molecule has 0 aliphatic heterocycles. The van der Waals surface area contributed by atoms with Gasteiger partial charge in [0, 0.05) is 0 Å². The minimum atomic E-state index is -0.508. The lowest BCUT2D eigenvalue weighted by atomic mass is 10.2. The van der Waals surface area contributed by atoms with E-state index in [0.29, 0.717) is 5.56 Å². The third-order valence-corrected chi connectivity index (χ3v) is 1.73. The van der Waals surface area contributed by atoms with Gasteiger partial charge in [-0.3, -0.25) is 4.79 Å². The normalized spacial score (nSPS) is 9.50. The van der Waals surface area contributed by atoms with E-state index in [-0.39, 0.29) is 13.0 Å². The number of hydrogen-bond acceptors (Lipinski definition) is 3. The molecule has 0 spiro atoms. The largest absolute Gasteiger partial charge is 0.462 e. The molecule has 0 heterocycles. The standard InChI is InChI=1S/C10H9ClO3/c11-9(12)6-7-14-10(13)8-4-2-1-3-5-8/h1-5H,6-7H2. The van der Waals surface area contributed by atoms with E-state index in [1.165, 1.54) is 0 Å². The molecule has 1 aromatic rings. The van der Waals surface area contributed by atoms with Gasteiger partial charge in [0.2, 0.25) is 5.24 Å². The van der Waals surface area contributed by atoms with Crippen LogP contribution in [0.25, 0.3) is 0 Å². The Hall–Kier alpha value is -1.35. The van der Waals surface area contributed by atoms with Crippen LogP contribution in [0.15, 0.2) is 30.3 Å². The molecule has 0 fully saturated rings. The number of benzene rings is 1. The van der Waals surface area contributed by atoms with E-state index >= 15 is 0 Å². The van der Waals surface area contributed by atoms with Crippen molar-refractivity contribution in [1.29, 1.82) is 0 Å². The molecule has 0 aliphatic rings. The van der Waals surface area contributed by atoms with E-state index in [4.69, 9.17) is 16.3 Å². The third kappa shape index (κ3) is 3.58. The first-order chi connectivity index (χ1) is 6.70. The molecule has 0 amide bonds. The van der Waals surface area contributed by atoms with Crippen LogP contribution in [0.5, 0.6) is 0 Å². The van der Waals surface area contributed by atoms with Crippen molar-refractivity contribution in [2.24, 2.45) is 0 Å². The SMILES string of the molecule is O=C(Cl)CCOC(=O)c1ccccc1. The zero-order valence-corrected chi connectivity index (χ0v) is 8.16. The van der Waals surface area contributed by atoms with Gasteiger partial charge in [-0.25, -0.2) is 4.79 Å². The molecule has 0 atom stereocenters. The molecule has 1 rings (SSSR count). The number of hydrogen-bond donors (Lipinski definition) is 0. The van der Waals surface area contributed by atoms with Crippen LogP contribution in [0.3, 0.4) is 0 Å². The zero-order valence-electron chi connectivity index (χ0n) is 7.40. The summed E-state index contributed by atoms with van der Waals surface area (Å²) in [4.78, 5) is 21.6. The summed E-state index contributed by atoms with van der Waals surface area (Å²) in [6.45, 7) is 0.0239. The number of carbonyl (C=O) groups excluding carboxylic acids is 2. The van der Waals surface area contributed by atoms with Gasteiger partial charge in [-0.2, -0.15) is 0 Å². The highest BCUT2D eigenvalue weighted by atomic mass is 35.5. The maximum atomic E-state index is 11.2. The van der Waals surface area contributed by atoms with E-state index < -0.39 is 11.2 Å². The lowest BCUT2D eigenvalue weighted by Gasteiger charge is -2.01. The monoisotopic (exact) mass is 212 g/mol. The number of rotatable bonds is 4. The van der Waals surface area contributed by atoms with Crippen LogP contribution >= 0.6 is 11.6 Å². The summed E-state index contributed by atoms with van der Waals surface area (Å²) < 4.78 is 4.79. The van der Waals surface area contributed by atoms with Crippen LogP contribution in [0.4, 0.5) is 0 Å². The van der Waals surface area contributed by atoms with Gasteiger partial charge in [0.1, 0.15) is 0 Å². The molecular weight excluding hydrogens is 204 g/mol. The van der Waals surface area contributed by atoms with Gasteiger partial charge in [0.15, 0.2) is 0 Å². The Bertz CT molecular complexity index is 321. The molecule has 0 saturated carbocycles. The van der Waals surface area contributed by atoms with Crippen LogP contribution < -0.4 is 0 Å². The third-order valence-electron chi connectivity index (χ3n) is 1.54. The molecule has 14 heavy (non-hydrogen) atoms. The van der Waals surface area contributed by atoms with Crippen molar-refractivity contribution in [2.75, 3.05) is 6.61 Å². The number of ether oxygens (including phenoxy) is 1. The summed E-state index contributed by atoms with van der Waals surface area (Å²) in [5, 5.41) is -0.508. The molecule has 0 bridgehead atoms. The molecular formula is C10H9ClO3. The Morgan fingerprint density at radius 2 is 1.86 bits per heavy atom. The fourth-order valence-electron chi connectivity index (χ4n) is 0.882. The van der Waals surface area contributed by atoms with Gasteiger partial charge in [-0.15, -0.1) is 0 Å². The highest BCUT2D eigenvalue weighted by Crippen LogP contribution is 2.01. The minimum Gasteiger partial charge on any atom is -0.462 e. The highest BCUT2D eigenvalue weighted by Gasteiger charge is 2.06. The average Bonchev–Trinajstić information content (AvgIpc) is 2.18. The van der Waals surface area contributed by atoms with Crippen molar-refractivity contribution >= 4 is 22.8 Å². The minimum absolute atomic E-state index is 0.0239. The van der Waals surface area contributed by atoms with Gasteiger partial charge in [-0.05, 0) is 23.7 Å². The number of carbonyl (C=O) groups is 2. The van der Waals surface area contributed by atoms with Crippen molar-refractivity contribution in [3.63, 3.8) is 0 Å². The fourth-order valence-corrected chi connectivity index (χ4v) is 0.959. The molecule has 0 saturated heterocycles. The van der Waals surface area contributed by atoms with Crippen molar-refractivity contribution < 1.29 is 14.3 Å². The topological polar surface area (TPSA) is 43.4 Å². The van der Waals surface area contributed by atoms with E-state index in [0.717, 1.165) is 0 Å². The van der Waals surface area contributed by atoms with Crippen molar-refractivity contribution in [3.8, 4) is 0 Å². The lowest BCUT2D eigenvalue weighted by Crippen LogP contribution is -2.07. The number of esters is 1. The smallest absolute Gasteiger partial charge is 0.338 e. The maximum Gasteiger partial charge on any atom is 0.338 e. The van der Waals surface area contributed by atoms with Gasteiger partial charge in [0.25, 0.3) is 0 Å². The predicted octanol–water partition coefficient (Wildman–Crippen LogP) is 2.00. The Balaban J connectivity index is 2.40. The summed E-state index contributed by atoms with van der Waals surface area (Å²) in [5.41, 5.74) is 0.467. The van der Waals surface area contributed by atoms with Crippen LogP contribution in [-0.2, 0) is 9.53 Å². The first kappa shape index (κ1) is 10.7. The van der Waals surface area contributed by atoms with Crippen molar-refractivity contribution in [3.05, 3.63) is 35.9 Å². The van der Waals surface area contributed by atoms with Crippen LogP contribution in [0.2, 0.25) is 0 Å². The molecule has 0 aliphatic carbocycles. The molecule has 74 valence electrons. The van der Waals surface area contributed by atoms with Gasteiger partial charge in [-0.1, -0.05) is 18.2 Å². The van der Waals surface area contributed by atoms with Gasteiger partial charge >= 0.3 is 5.97 Å². The maximum absolute atomic E-state index is 11.2. The molecule has 1 aromatic carbocycles. The average molecular weight is 213 g/mol. The van der Waals surface area contributed by atoms with E-state index in [2.05, 4.69) is 0 Å². The molecule has 3 nitrogen and oxygen atoms in total. The Labute approximate surface area is 86.6 Å². The summed E-state index contributed by atoms with van der Waals surface area (Å²) >= 11 is 5.08. The summed E-state index contributed by atoms with van der Waals surface area (Å²) in [6.07, 6.45) is 0.0418. The Kier molecular flexibility index (Phi) is 4.13. The summed E-state index contributed by atoms with van der Waals surface area (Å²) in [5.74, 6) is -0.441. The van der Waals surface area contributed by atoms with Crippen molar-refractivity contribution in [2.45, 2.75) is 6.42 Å². The second kappa shape index (κ2) is 5.40. The molecule has 0 N–H and O–H groups in total. The second-order valence-electron chi connectivity index (χ2n) is 2.61.